The van der Waals surface area contributed by atoms with Gasteiger partial charge in [0, 0.05) is 30.3 Å². The minimum atomic E-state index is -0.895. The van der Waals surface area contributed by atoms with Crippen LogP contribution in [-0.4, -0.2) is 40.6 Å². The summed E-state index contributed by atoms with van der Waals surface area (Å²) in [6.45, 7) is 3.66. The Labute approximate surface area is 147 Å². The highest BCUT2D eigenvalue weighted by atomic mass is 32.2. The van der Waals surface area contributed by atoms with E-state index in [9.17, 15) is 4.21 Å². The van der Waals surface area contributed by atoms with Gasteiger partial charge in [-0.05, 0) is 30.5 Å². The Morgan fingerprint density at radius 2 is 1.58 bits per heavy atom. The Kier molecular flexibility index (Phi) is 6.58. The van der Waals surface area contributed by atoms with Gasteiger partial charge in [-0.25, -0.2) is 0 Å². The zero-order valence-corrected chi connectivity index (χ0v) is 14.8. The van der Waals surface area contributed by atoms with Gasteiger partial charge in [0.1, 0.15) is 0 Å². The van der Waals surface area contributed by atoms with Gasteiger partial charge in [-0.2, -0.15) is 0 Å². The van der Waals surface area contributed by atoms with Crippen molar-refractivity contribution in [2.45, 2.75) is 30.4 Å². The van der Waals surface area contributed by atoms with E-state index in [1.54, 1.807) is 0 Å². The zero-order chi connectivity index (χ0) is 16.6. The molecule has 1 aliphatic heterocycles. The SMILES string of the molecule is O=[S@](CCN1CCC(OCc2ccccc2)CC1)c1ccccc1. The standard InChI is InChI=1S/C20H25NO2S/c22-24(20-9-5-2-6-10-20)16-15-21-13-11-19(12-14-21)23-17-18-7-3-1-4-8-18/h1-10,19H,11-17H2/t24-/m1/s1. The second-order valence-electron chi connectivity index (χ2n) is 6.20. The molecular weight excluding hydrogens is 318 g/mol. The first-order chi connectivity index (χ1) is 11.8. The molecule has 1 aliphatic rings. The third-order valence-corrected chi connectivity index (χ3v) is 5.81. The van der Waals surface area contributed by atoms with Crippen LogP contribution < -0.4 is 0 Å². The summed E-state index contributed by atoms with van der Waals surface area (Å²) in [5.74, 6) is 0.708. The number of nitrogens with zero attached hydrogens (tertiary/aromatic N) is 1. The summed E-state index contributed by atoms with van der Waals surface area (Å²) in [5.41, 5.74) is 1.23. The van der Waals surface area contributed by atoms with Crippen molar-refractivity contribution in [2.24, 2.45) is 0 Å². The lowest BCUT2D eigenvalue weighted by Crippen LogP contribution is -2.38. The van der Waals surface area contributed by atoms with Crippen molar-refractivity contribution >= 4 is 10.8 Å². The molecule has 2 aromatic carbocycles. The number of hydrogen-bond donors (Lipinski definition) is 0. The Morgan fingerprint density at radius 3 is 2.25 bits per heavy atom. The van der Waals surface area contributed by atoms with Crippen LogP contribution in [-0.2, 0) is 22.1 Å². The average Bonchev–Trinajstić information content (AvgIpc) is 2.67. The van der Waals surface area contributed by atoms with Gasteiger partial charge in [-0.15, -0.1) is 0 Å². The molecule has 3 nitrogen and oxygen atoms in total. The molecule has 0 radical (unpaired) electrons. The van der Waals surface area contributed by atoms with E-state index in [1.807, 2.05) is 48.5 Å². The first-order valence-electron chi connectivity index (χ1n) is 8.62. The van der Waals surface area contributed by atoms with E-state index in [0.29, 0.717) is 18.5 Å². The van der Waals surface area contributed by atoms with Crippen molar-refractivity contribution in [3.8, 4) is 0 Å². The highest BCUT2D eigenvalue weighted by Crippen LogP contribution is 2.16. The summed E-state index contributed by atoms with van der Waals surface area (Å²) in [4.78, 5) is 3.34. The molecule has 1 heterocycles. The first-order valence-corrected chi connectivity index (χ1v) is 9.94. The van der Waals surface area contributed by atoms with Gasteiger partial charge >= 0.3 is 0 Å². The van der Waals surface area contributed by atoms with E-state index < -0.39 is 10.8 Å². The van der Waals surface area contributed by atoms with Crippen LogP contribution in [0.4, 0.5) is 0 Å². The van der Waals surface area contributed by atoms with Crippen molar-refractivity contribution < 1.29 is 8.95 Å². The molecule has 2 aromatic rings. The summed E-state index contributed by atoms with van der Waals surface area (Å²) in [7, 11) is -0.895. The van der Waals surface area contributed by atoms with Crippen molar-refractivity contribution in [1.82, 2.24) is 4.90 Å². The van der Waals surface area contributed by atoms with Crippen molar-refractivity contribution in [3.05, 3.63) is 66.2 Å². The maximum Gasteiger partial charge on any atom is 0.0720 e. The third kappa shape index (κ3) is 5.26. The number of hydrogen-bond acceptors (Lipinski definition) is 3. The van der Waals surface area contributed by atoms with Crippen LogP contribution in [0, 0.1) is 0 Å². The third-order valence-electron chi connectivity index (χ3n) is 4.46. The quantitative estimate of drug-likeness (QED) is 0.771. The van der Waals surface area contributed by atoms with Crippen LogP contribution in [0.15, 0.2) is 65.6 Å². The molecule has 1 fully saturated rings. The van der Waals surface area contributed by atoms with E-state index in [4.69, 9.17) is 4.74 Å². The average molecular weight is 343 g/mol. The van der Waals surface area contributed by atoms with Crippen LogP contribution in [0.2, 0.25) is 0 Å². The number of likely N-dealkylation sites (tertiary alicyclic amines) is 1. The first kappa shape index (κ1) is 17.3. The molecule has 0 spiro atoms. The van der Waals surface area contributed by atoms with Crippen molar-refractivity contribution in [2.75, 3.05) is 25.4 Å². The normalized spacial score (nSPS) is 17.7. The maximum absolute atomic E-state index is 12.3. The minimum Gasteiger partial charge on any atom is -0.373 e. The van der Waals surface area contributed by atoms with Gasteiger partial charge < -0.3 is 9.64 Å². The molecule has 4 heteroatoms. The predicted molar refractivity (Wildman–Crippen MR) is 98.4 cm³/mol. The predicted octanol–water partition coefficient (Wildman–Crippen LogP) is 3.48. The largest absolute Gasteiger partial charge is 0.373 e. The van der Waals surface area contributed by atoms with Crippen LogP contribution in [0.3, 0.4) is 0 Å². The highest BCUT2D eigenvalue weighted by molar-refractivity contribution is 7.85. The van der Waals surface area contributed by atoms with E-state index in [0.717, 1.165) is 37.4 Å². The summed E-state index contributed by atoms with van der Waals surface area (Å²) in [6, 6.07) is 20.1. The van der Waals surface area contributed by atoms with Gasteiger partial charge in [-0.3, -0.25) is 4.21 Å². The maximum atomic E-state index is 12.3. The fraction of sp³-hybridized carbons (Fsp3) is 0.400. The fourth-order valence-corrected chi connectivity index (χ4v) is 4.11. The Bertz CT molecular complexity index is 625. The summed E-state index contributed by atoms with van der Waals surface area (Å²) >= 11 is 0. The zero-order valence-electron chi connectivity index (χ0n) is 14.0. The molecule has 128 valence electrons. The highest BCUT2D eigenvalue weighted by Gasteiger charge is 2.20. The van der Waals surface area contributed by atoms with E-state index in [-0.39, 0.29) is 0 Å². The van der Waals surface area contributed by atoms with Gasteiger partial charge in [-0.1, -0.05) is 48.5 Å². The molecular formula is C20H25NO2S. The van der Waals surface area contributed by atoms with Crippen LogP contribution in [0.25, 0.3) is 0 Å². The molecule has 0 bridgehead atoms. The second-order valence-corrected chi connectivity index (χ2v) is 7.77. The lowest BCUT2D eigenvalue weighted by Gasteiger charge is -2.31. The molecule has 0 aromatic heterocycles. The van der Waals surface area contributed by atoms with E-state index >= 15 is 0 Å². The number of rotatable bonds is 7. The fourth-order valence-electron chi connectivity index (χ4n) is 2.99. The molecule has 0 unspecified atom stereocenters. The Hall–Kier alpha value is -1.49. The summed E-state index contributed by atoms with van der Waals surface area (Å²) in [5, 5.41) is 0. The van der Waals surface area contributed by atoms with Gasteiger partial charge in [0.05, 0.1) is 23.5 Å². The summed E-state index contributed by atoms with van der Waals surface area (Å²) < 4.78 is 18.3. The minimum absolute atomic E-state index is 0.348. The summed E-state index contributed by atoms with van der Waals surface area (Å²) in [6.07, 6.45) is 2.47. The van der Waals surface area contributed by atoms with Crippen molar-refractivity contribution in [1.29, 1.82) is 0 Å². The lowest BCUT2D eigenvalue weighted by molar-refractivity contribution is -0.00128. The molecule has 0 aliphatic carbocycles. The number of benzene rings is 2. The molecule has 1 saturated heterocycles. The second kappa shape index (κ2) is 9.11. The topological polar surface area (TPSA) is 29.5 Å². The van der Waals surface area contributed by atoms with Crippen molar-refractivity contribution in [3.63, 3.8) is 0 Å². The van der Waals surface area contributed by atoms with E-state index in [1.165, 1.54) is 5.56 Å². The van der Waals surface area contributed by atoms with Crippen LogP contribution >= 0.6 is 0 Å². The molecule has 0 N–H and O–H groups in total. The lowest BCUT2D eigenvalue weighted by atomic mass is 10.1. The Morgan fingerprint density at radius 1 is 0.958 bits per heavy atom. The van der Waals surface area contributed by atoms with Gasteiger partial charge in [0.2, 0.25) is 0 Å². The molecule has 24 heavy (non-hydrogen) atoms. The smallest absolute Gasteiger partial charge is 0.0720 e. The molecule has 0 amide bonds. The van der Waals surface area contributed by atoms with E-state index in [2.05, 4.69) is 17.0 Å². The van der Waals surface area contributed by atoms with Gasteiger partial charge in [0.25, 0.3) is 0 Å². The monoisotopic (exact) mass is 343 g/mol. The molecule has 0 saturated carbocycles. The Balaban J connectivity index is 1.35. The number of piperidine rings is 1. The molecule has 1 atom stereocenters. The van der Waals surface area contributed by atoms with Crippen LogP contribution in [0.1, 0.15) is 18.4 Å². The number of ether oxygens (including phenoxy) is 1. The van der Waals surface area contributed by atoms with Crippen LogP contribution in [0.5, 0.6) is 0 Å². The van der Waals surface area contributed by atoms with Gasteiger partial charge in [0.15, 0.2) is 0 Å². The molecule has 3 rings (SSSR count).